The number of ether oxygens (including phenoxy) is 2. The van der Waals surface area contributed by atoms with Crippen LogP contribution in [0.25, 0.3) is 0 Å². The molecule has 0 unspecified atom stereocenters. The average molecular weight is 250 g/mol. The Morgan fingerprint density at radius 2 is 2.17 bits per heavy atom. The Labute approximate surface area is 109 Å². The first-order chi connectivity index (χ1) is 8.57. The summed E-state index contributed by atoms with van der Waals surface area (Å²) in [6.45, 7) is 8.51. The summed E-state index contributed by atoms with van der Waals surface area (Å²) in [7, 11) is 0. The first-order valence-electron chi connectivity index (χ1n) is 6.40. The Morgan fingerprint density at radius 3 is 2.89 bits per heavy atom. The van der Waals surface area contributed by atoms with E-state index in [1.807, 2.05) is 24.3 Å². The molecule has 100 valence electrons. The first kappa shape index (κ1) is 13.2. The Kier molecular flexibility index (Phi) is 4.09. The van der Waals surface area contributed by atoms with Crippen LogP contribution in [0.5, 0.6) is 5.75 Å². The van der Waals surface area contributed by atoms with Gasteiger partial charge in [0.15, 0.2) is 0 Å². The van der Waals surface area contributed by atoms with E-state index in [1.54, 1.807) is 0 Å². The molecule has 4 nitrogen and oxygen atoms in total. The number of rotatable bonds is 4. The fourth-order valence-electron chi connectivity index (χ4n) is 2.20. The van der Waals surface area contributed by atoms with Crippen molar-refractivity contribution in [2.24, 2.45) is 0 Å². The van der Waals surface area contributed by atoms with Crippen molar-refractivity contribution in [3.63, 3.8) is 0 Å². The van der Waals surface area contributed by atoms with Gasteiger partial charge in [-0.05, 0) is 26.0 Å². The van der Waals surface area contributed by atoms with Gasteiger partial charge in [0.25, 0.3) is 0 Å². The molecule has 18 heavy (non-hydrogen) atoms. The Bertz CT molecular complexity index is 393. The molecule has 1 aromatic rings. The summed E-state index contributed by atoms with van der Waals surface area (Å²) in [4.78, 5) is 2.36. The number of hydrogen-bond donors (Lipinski definition) is 1. The molecule has 0 bridgehead atoms. The minimum Gasteiger partial charge on any atom is -0.490 e. The van der Waals surface area contributed by atoms with Gasteiger partial charge in [-0.15, -0.1) is 0 Å². The molecule has 0 atom stereocenters. The smallest absolute Gasteiger partial charge is 0.142 e. The molecule has 2 N–H and O–H groups in total. The molecule has 1 fully saturated rings. The number of morpholine rings is 1. The van der Waals surface area contributed by atoms with Crippen LogP contribution < -0.4 is 10.5 Å². The van der Waals surface area contributed by atoms with Gasteiger partial charge in [0.1, 0.15) is 12.4 Å². The first-order valence-corrected chi connectivity index (χ1v) is 6.40. The minimum atomic E-state index is -0.0516. The van der Waals surface area contributed by atoms with E-state index in [2.05, 4.69) is 18.7 Å². The lowest BCUT2D eigenvalue weighted by Crippen LogP contribution is -2.49. The average Bonchev–Trinajstić information content (AvgIpc) is 2.30. The molecular formula is C14H22N2O2. The molecule has 1 heterocycles. The van der Waals surface area contributed by atoms with Gasteiger partial charge in [-0.2, -0.15) is 0 Å². The quantitative estimate of drug-likeness (QED) is 0.827. The van der Waals surface area contributed by atoms with Crippen molar-refractivity contribution < 1.29 is 9.47 Å². The highest BCUT2D eigenvalue weighted by molar-refractivity contribution is 5.51. The fourth-order valence-corrected chi connectivity index (χ4v) is 2.20. The summed E-state index contributed by atoms with van der Waals surface area (Å²) >= 11 is 0. The predicted molar refractivity (Wildman–Crippen MR) is 72.8 cm³/mol. The lowest BCUT2D eigenvalue weighted by molar-refractivity contribution is -0.0875. The van der Waals surface area contributed by atoms with Crippen LogP contribution in [-0.4, -0.2) is 43.3 Å². The number of nitrogen functional groups attached to an aromatic ring is 1. The van der Waals surface area contributed by atoms with Gasteiger partial charge in [0.2, 0.25) is 0 Å². The summed E-state index contributed by atoms with van der Waals surface area (Å²) in [5.41, 5.74) is 6.47. The highest BCUT2D eigenvalue weighted by Gasteiger charge is 2.26. The molecule has 1 aliphatic rings. The maximum absolute atomic E-state index is 5.82. The van der Waals surface area contributed by atoms with E-state index in [9.17, 15) is 0 Å². The lowest BCUT2D eigenvalue weighted by Gasteiger charge is -2.38. The second-order valence-electron chi connectivity index (χ2n) is 5.27. The van der Waals surface area contributed by atoms with E-state index in [-0.39, 0.29) is 5.60 Å². The Morgan fingerprint density at radius 1 is 1.39 bits per heavy atom. The van der Waals surface area contributed by atoms with Crippen LogP contribution in [0.15, 0.2) is 24.3 Å². The van der Waals surface area contributed by atoms with Crippen LogP contribution in [0.3, 0.4) is 0 Å². The van der Waals surface area contributed by atoms with Crippen molar-refractivity contribution >= 4 is 5.69 Å². The van der Waals surface area contributed by atoms with Gasteiger partial charge in [-0.25, -0.2) is 0 Å². The summed E-state index contributed by atoms with van der Waals surface area (Å²) < 4.78 is 11.4. The van der Waals surface area contributed by atoms with Crippen molar-refractivity contribution in [2.75, 3.05) is 38.6 Å². The van der Waals surface area contributed by atoms with Gasteiger partial charge in [0, 0.05) is 19.6 Å². The second kappa shape index (κ2) is 5.59. The summed E-state index contributed by atoms with van der Waals surface area (Å²) in [6, 6.07) is 7.60. The molecule has 0 aliphatic carbocycles. The fraction of sp³-hybridized carbons (Fsp3) is 0.571. The summed E-state index contributed by atoms with van der Waals surface area (Å²) in [6.07, 6.45) is 0. The Hall–Kier alpha value is -1.26. The molecule has 0 aromatic heterocycles. The van der Waals surface area contributed by atoms with E-state index in [0.717, 1.165) is 32.0 Å². The van der Waals surface area contributed by atoms with Crippen molar-refractivity contribution in [3.8, 4) is 5.75 Å². The maximum Gasteiger partial charge on any atom is 0.142 e. The lowest BCUT2D eigenvalue weighted by atomic mass is 10.1. The Balaban J connectivity index is 1.77. The van der Waals surface area contributed by atoms with Crippen molar-refractivity contribution in [1.82, 2.24) is 4.90 Å². The molecule has 0 radical (unpaired) electrons. The van der Waals surface area contributed by atoms with Crippen LogP contribution >= 0.6 is 0 Å². The molecule has 1 aliphatic heterocycles. The van der Waals surface area contributed by atoms with E-state index in [4.69, 9.17) is 15.2 Å². The van der Waals surface area contributed by atoms with Crippen LogP contribution in [-0.2, 0) is 4.74 Å². The van der Waals surface area contributed by atoms with Gasteiger partial charge in [-0.1, -0.05) is 12.1 Å². The molecule has 0 saturated carbocycles. The van der Waals surface area contributed by atoms with E-state index in [1.165, 1.54) is 0 Å². The molecule has 4 heteroatoms. The second-order valence-corrected chi connectivity index (χ2v) is 5.27. The molecule has 0 spiro atoms. The number of nitrogens with two attached hydrogens (primary N) is 1. The standard InChI is InChI=1S/C14H22N2O2/c1-14(2)11-16(8-10-18-14)7-9-17-13-6-4-3-5-12(13)15/h3-6H,7-11,15H2,1-2H3. The molecule has 2 rings (SSSR count). The highest BCUT2D eigenvalue weighted by Crippen LogP contribution is 2.20. The third-order valence-electron chi connectivity index (χ3n) is 3.09. The molecular weight excluding hydrogens is 228 g/mol. The number of para-hydroxylation sites is 2. The normalized spacial score (nSPS) is 19.7. The van der Waals surface area contributed by atoms with Crippen LogP contribution in [0.2, 0.25) is 0 Å². The number of nitrogens with zero attached hydrogens (tertiary/aromatic N) is 1. The number of anilines is 1. The van der Waals surface area contributed by atoms with Crippen LogP contribution in [0.1, 0.15) is 13.8 Å². The zero-order valence-electron chi connectivity index (χ0n) is 11.2. The van der Waals surface area contributed by atoms with Gasteiger partial charge >= 0.3 is 0 Å². The largest absolute Gasteiger partial charge is 0.490 e. The van der Waals surface area contributed by atoms with E-state index < -0.39 is 0 Å². The maximum atomic E-state index is 5.82. The van der Waals surface area contributed by atoms with Gasteiger partial charge in [-0.3, -0.25) is 4.90 Å². The highest BCUT2D eigenvalue weighted by atomic mass is 16.5. The molecule has 0 amide bonds. The molecule has 1 aromatic carbocycles. The van der Waals surface area contributed by atoms with E-state index in [0.29, 0.717) is 12.3 Å². The van der Waals surface area contributed by atoms with E-state index >= 15 is 0 Å². The third-order valence-corrected chi connectivity index (χ3v) is 3.09. The van der Waals surface area contributed by atoms with Crippen LogP contribution in [0.4, 0.5) is 5.69 Å². The van der Waals surface area contributed by atoms with Crippen molar-refractivity contribution in [1.29, 1.82) is 0 Å². The SMILES string of the molecule is CC1(C)CN(CCOc2ccccc2N)CCO1. The van der Waals surface area contributed by atoms with Crippen molar-refractivity contribution in [3.05, 3.63) is 24.3 Å². The predicted octanol–water partition coefficient (Wildman–Crippen LogP) is 1.76. The monoisotopic (exact) mass is 250 g/mol. The summed E-state index contributed by atoms with van der Waals surface area (Å²) in [5, 5.41) is 0. The van der Waals surface area contributed by atoms with Gasteiger partial charge in [0.05, 0.1) is 17.9 Å². The third kappa shape index (κ3) is 3.62. The topological polar surface area (TPSA) is 47.7 Å². The van der Waals surface area contributed by atoms with Crippen LogP contribution in [0, 0.1) is 0 Å². The number of benzene rings is 1. The van der Waals surface area contributed by atoms with Crippen molar-refractivity contribution in [2.45, 2.75) is 19.4 Å². The zero-order chi connectivity index (χ0) is 13.0. The minimum absolute atomic E-state index is 0.0516. The van der Waals surface area contributed by atoms with Gasteiger partial charge < -0.3 is 15.2 Å². The zero-order valence-corrected chi connectivity index (χ0v) is 11.2. The number of hydrogen-bond acceptors (Lipinski definition) is 4. The molecule has 1 saturated heterocycles. The summed E-state index contributed by atoms with van der Waals surface area (Å²) in [5.74, 6) is 0.769.